The van der Waals surface area contributed by atoms with Gasteiger partial charge in [0.15, 0.2) is 11.5 Å². The molecule has 1 heterocycles. The summed E-state index contributed by atoms with van der Waals surface area (Å²) in [5.41, 5.74) is 1.84. The number of aryl methyl sites for hydroxylation is 1. The third-order valence-electron chi connectivity index (χ3n) is 6.87. The molecular weight excluding hydrogens is 464 g/mol. The second-order valence-electron chi connectivity index (χ2n) is 9.36. The van der Waals surface area contributed by atoms with E-state index in [4.69, 9.17) is 21.1 Å². The first-order valence-corrected chi connectivity index (χ1v) is 13.1. The van der Waals surface area contributed by atoms with Crippen molar-refractivity contribution in [3.63, 3.8) is 0 Å². The summed E-state index contributed by atoms with van der Waals surface area (Å²) >= 11 is 6.43. The summed E-state index contributed by atoms with van der Waals surface area (Å²) in [6.07, 6.45) is 6.89. The molecule has 35 heavy (non-hydrogen) atoms. The minimum absolute atomic E-state index is 0.0644. The number of carbonyl (C=O) groups is 2. The van der Waals surface area contributed by atoms with Crippen molar-refractivity contribution in [1.82, 2.24) is 10.2 Å². The summed E-state index contributed by atoms with van der Waals surface area (Å²) in [5.74, 6) is 1.31. The van der Waals surface area contributed by atoms with E-state index in [1.165, 1.54) is 6.42 Å². The summed E-state index contributed by atoms with van der Waals surface area (Å²) in [7, 11) is 0. The number of amides is 2. The molecule has 0 bridgehead atoms. The Hall–Kier alpha value is -2.73. The van der Waals surface area contributed by atoms with Crippen molar-refractivity contribution in [3.8, 4) is 11.5 Å². The third kappa shape index (κ3) is 6.69. The molecule has 0 aromatic heterocycles. The van der Waals surface area contributed by atoms with Crippen molar-refractivity contribution in [3.05, 3.63) is 58.6 Å². The van der Waals surface area contributed by atoms with Crippen molar-refractivity contribution in [2.75, 3.05) is 13.2 Å². The Bertz CT molecular complexity index is 1020. The molecule has 4 rings (SSSR count). The molecule has 7 heteroatoms. The maximum absolute atomic E-state index is 13.6. The van der Waals surface area contributed by atoms with Crippen LogP contribution in [0.2, 0.25) is 5.02 Å². The third-order valence-corrected chi connectivity index (χ3v) is 7.24. The molecule has 1 atom stereocenters. The number of carbonyl (C=O) groups excluding carboxylic acids is 2. The van der Waals surface area contributed by atoms with E-state index in [1.54, 1.807) is 4.90 Å². The van der Waals surface area contributed by atoms with Crippen LogP contribution in [0.25, 0.3) is 0 Å². The van der Waals surface area contributed by atoms with Crippen LogP contribution in [0, 0.1) is 0 Å². The van der Waals surface area contributed by atoms with Crippen LogP contribution in [-0.2, 0) is 22.6 Å². The minimum atomic E-state index is -0.541. The van der Waals surface area contributed by atoms with Crippen molar-refractivity contribution < 1.29 is 19.1 Å². The molecule has 0 saturated heterocycles. The molecule has 2 aliphatic rings. The summed E-state index contributed by atoms with van der Waals surface area (Å²) in [6.45, 7) is 3.33. The molecule has 188 valence electrons. The maximum Gasteiger partial charge on any atom is 0.243 e. The molecule has 1 fully saturated rings. The highest BCUT2D eigenvalue weighted by atomic mass is 35.5. The predicted octanol–water partition coefficient (Wildman–Crippen LogP) is 5.30. The fourth-order valence-electron chi connectivity index (χ4n) is 4.91. The van der Waals surface area contributed by atoms with E-state index in [2.05, 4.69) is 5.32 Å². The second kappa shape index (κ2) is 12.3. The van der Waals surface area contributed by atoms with Crippen LogP contribution in [0.1, 0.15) is 63.0 Å². The van der Waals surface area contributed by atoms with E-state index in [-0.39, 0.29) is 24.3 Å². The highest BCUT2D eigenvalue weighted by Crippen LogP contribution is 2.31. The molecule has 2 aromatic rings. The zero-order valence-electron chi connectivity index (χ0n) is 20.4. The van der Waals surface area contributed by atoms with Crippen molar-refractivity contribution >= 4 is 23.4 Å². The fourth-order valence-corrected chi connectivity index (χ4v) is 5.11. The Morgan fingerprint density at radius 2 is 1.80 bits per heavy atom. The van der Waals surface area contributed by atoms with Gasteiger partial charge in [-0.15, -0.1) is 0 Å². The topological polar surface area (TPSA) is 67.9 Å². The van der Waals surface area contributed by atoms with E-state index in [1.807, 2.05) is 49.4 Å². The van der Waals surface area contributed by atoms with Crippen LogP contribution in [0.3, 0.4) is 0 Å². The van der Waals surface area contributed by atoms with Crippen LogP contribution in [0.4, 0.5) is 0 Å². The van der Waals surface area contributed by atoms with Crippen LogP contribution in [0.15, 0.2) is 42.5 Å². The SMILES string of the molecule is CC[C@@H](C(=O)NC1CCCCC1)N(Cc1ccccc1Cl)C(=O)CCc1ccc2c(c1)OCCO2. The lowest BCUT2D eigenvalue weighted by atomic mass is 9.95. The van der Waals surface area contributed by atoms with Gasteiger partial charge in [-0.3, -0.25) is 9.59 Å². The van der Waals surface area contributed by atoms with Gasteiger partial charge in [0.25, 0.3) is 0 Å². The molecule has 1 saturated carbocycles. The summed E-state index contributed by atoms with van der Waals surface area (Å²) in [4.78, 5) is 28.6. The predicted molar refractivity (Wildman–Crippen MR) is 137 cm³/mol. The van der Waals surface area contributed by atoms with E-state index in [0.717, 1.165) is 42.6 Å². The lowest BCUT2D eigenvalue weighted by Gasteiger charge is -2.33. The van der Waals surface area contributed by atoms with Gasteiger partial charge >= 0.3 is 0 Å². The molecule has 0 spiro atoms. The van der Waals surface area contributed by atoms with E-state index in [9.17, 15) is 9.59 Å². The minimum Gasteiger partial charge on any atom is -0.486 e. The molecule has 0 unspecified atom stereocenters. The second-order valence-corrected chi connectivity index (χ2v) is 9.77. The number of hydrogen-bond donors (Lipinski definition) is 1. The maximum atomic E-state index is 13.6. The summed E-state index contributed by atoms with van der Waals surface area (Å²) < 4.78 is 11.3. The van der Waals surface area contributed by atoms with Gasteiger partial charge in [-0.05, 0) is 55.0 Å². The van der Waals surface area contributed by atoms with Crippen molar-refractivity contribution in [2.24, 2.45) is 0 Å². The van der Waals surface area contributed by atoms with Crippen LogP contribution < -0.4 is 14.8 Å². The fraction of sp³-hybridized carbons (Fsp3) is 0.500. The smallest absolute Gasteiger partial charge is 0.243 e. The molecule has 1 aliphatic heterocycles. The summed E-state index contributed by atoms with van der Waals surface area (Å²) in [5, 5.41) is 3.81. The molecule has 0 radical (unpaired) electrons. The molecule has 2 aromatic carbocycles. The zero-order chi connectivity index (χ0) is 24.6. The largest absolute Gasteiger partial charge is 0.486 e. The van der Waals surface area contributed by atoms with Gasteiger partial charge in [-0.25, -0.2) is 0 Å². The van der Waals surface area contributed by atoms with Crippen molar-refractivity contribution in [1.29, 1.82) is 0 Å². The standard InChI is InChI=1S/C28H35ClN2O4/c1-2-24(28(33)30-22-9-4-3-5-10-22)31(19-21-8-6-7-11-23(21)29)27(32)15-13-20-12-14-25-26(18-20)35-17-16-34-25/h6-8,11-12,14,18,22,24H,2-5,9-10,13,15-17,19H2,1H3,(H,30,33)/t24-/m0/s1. The van der Waals surface area contributed by atoms with Gasteiger partial charge in [0.1, 0.15) is 19.3 Å². The number of hydrogen-bond acceptors (Lipinski definition) is 4. The van der Waals surface area contributed by atoms with E-state index >= 15 is 0 Å². The molecule has 2 amide bonds. The summed E-state index contributed by atoms with van der Waals surface area (Å²) in [6, 6.07) is 12.9. The van der Waals surface area contributed by atoms with Gasteiger partial charge in [0.05, 0.1) is 0 Å². The van der Waals surface area contributed by atoms with E-state index < -0.39 is 6.04 Å². The average Bonchev–Trinajstić information content (AvgIpc) is 2.88. The number of nitrogens with zero attached hydrogens (tertiary/aromatic N) is 1. The van der Waals surface area contributed by atoms with E-state index in [0.29, 0.717) is 43.4 Å². The highest BCUT2D eigenvalue weighted by molar-refractivity contribution is 6.31. The Balaban J connectivity index is 1.49. The Morgan fingerprint density at radius 3 is 2.54 bits per heavy atom. The quantitative estimate of drug-likeness (QED) is 0.509. The first-order chi connectivity index (χ1) is 17.0. The Kier molecular flexibility index (Phi) is 8.91. The van der Waals surface area contributed by atoms with Crippen molar-refractivity contribution in [2.45, 2.75) is 76.9 Å². The van der Waals surface area contributed by atoms with Gasteiger partial charge in [-0.2, -0.15) is 0 Å². The number of halogens is 1. The lowest BCUT2D eigenvalue weighted by molar-refractivity contribution is -0.141. The van der Waals surface area contributed by atoms with Gasteiger partial charge in [0.2, 0.25) is 11.8 Å². The number of nitrogens with one attached hydrogen (secondary N) is 1. The number of ether oxygens (including phenoxy) is 2. The Labute approximate surface area is 212 Å². The zero-order valence-corrected chi connectivity index (χ0v) is 21.2. The first kappa shape index (κ1) is 25.4. The monoisotopic (exact) mass is 498 g/mol. The molecule has 1 aliphatic carbocycles. The van der Waals surface area contributed by atoms with Gasteiger partial charge < -0.3 is 19.7 Å². The first-order valence-electron chi connectivity index (χ1n) is 12.8. The average molecular weight is 499 g/mol. The van der Waals surface area contributed by atoms with Gasteiger partial charge in [-0.1, -0.05) is 62.1 Å². The van der Waals surface area contributed by atoms with Crippen LogP contribution in [0.5, 0.6) is 11.5 Å². The lowest BCUT2D eigenvalue weighted by Crippen LogP contribution is -2.51. The normalized spacial score (nSPS) is 16.4. The van der Waals surface area contributed by atoms with Crippen LogP contribution >= 0.6 is 11.6 Å². The Morgan fingerprint density at radius 1 is 1.06 bits per heavy atom. The van der Waals surface area contributed by atoms with Crippen LogP contribution in [-0.4, -0.2) is 42.0 Å². The molecular formula is C28H35ClN2O4. The number of benzene rings is 2. The number of fused-ring (bicyclic) bond motifs is 1. The number of rotatable bonds is 9. The highest BCUT2D eigenvalue weighted by Gasteiger charge is 2.30. The molecule has 1 N–H and O–H groups in total. The molecule has 6 nitrogen and oxygen atoms in total. The van der Waals surface area contributed by atoms with Gasteiger partial charge in [0, 0.05) is 24.0 Å².